The summed E-state index contributed by atoms with van der Waals surface area (Å²) in [6, 6.07) is -0.739. The molecule has 17 heavy (non-hydrogen) atoms. The first-order valence-electron chi connectivity index (χ1n) is 5.62. The summed E-state index contributed by atoms with van der Waals surface area (Å²) < 4.78 is 9.88. The maximum Gasteiger partial charge on any atom is 0.407 e. The minimum atomic E-state index is -1.23. The molecule has 0 aromatic carbocycles. The van der Waals surface area contributed by atoms with Crippen LogP contribution in [0.1, 0.15) is 13.3 Å². The quantitative estimate of drug-likeness (QED) is 0.488. The van der Waals surface area contributed by atoms with E-state index >= 15 is 0 Å². The molecular weight excluding hydrogens is 230 g/mol. The van der Waals surface area contributed by atoms with Crippen molar-refractivity contribution < 1.29 is 29.6 Å². The molecule has 1 rings (SSSR count). The fourth-order valence-corrected chi connectivity index (χ4v) is 1.56. The summed E-state index contributed by atoms with van der Waals surface area (Å²) in [5, 5.41) is 30.5. The van der Waals surface area contributed by atoms with Crippen molar-refractivity contribution in [2.45, 2.75) is 37.7 Å². The van der Waals surface area contributed by atoms with Gasteiger partial charge in [-0.2, -0.15) is 0 Å². The van der Waals surface area contributed by atoms with Gasteiger partial charge in [0, 0.05) is 0 Å². The first-order valence-corrected chi connectivity index (χ1v) is 5.62. The molecule has 7 heteroatoms. The molecule has 1 aliphatic heterocycles. The van der Waals surface area contributed by atoms with E-state index in [1.165, 1.54) is 0 Å². The van der Waals surface area contributed by atoms with E-state index in [2.05, 4.69) is 5.32 Å². The number of hydrogen-bond acceptors (Lipinski definition) is 6. The molecule has 100 valence electrons. The zero-order valence-electron chi connectivity index (χ0n) is 9.70. The SMILES string of the molecule is CCCOC(=O)NC1CO[C@H](CO)[C@@H](O)[C@@H]1O. The van der Waals surface area contributed by atoms with Gasteiger partial charge in [0.25, 0.3) is 0 Å². The number of alkyl carbamates (subject to hydrolysis) is 1. The molecule has 1 heterocycles. The zero-order valence-corrected chi connectivity index (χ0v) is 9.70. The minimum absolute atomic E-state index is 0.0185. The first kappa shape index (κ1) is 14.2. The highest BCUT2D eigenvalue weighted by Gasteiger charge is 2.38. The van der Waals surface area contributed by atoms with Gasteiger partial charge in [-0.15, -0.1) is 0 Å². The molecule has 0 aromatic heterocycles. The van der Waals surface area contributed by atoms with E-state index in [1.54, 1.807) is 0 Å². The van der Waals surface area contributed by atoms with Crippen molar-refractivity contribution in [1.82, 2.24) is 5.32 Å². The fraction of sp³-hybridized carbons (Fsp3) is 0.900. The predicted octanol–water partition coefficient (Wildman–Crippen LogP) is -1.40. The summed E-state index contributed by atoms with van der Waals surface area (Å²) >= 11 is 0. The second-order valence-electron chi connectivity index (χ2n) is 3.92. The van der Waals surface area contributed by atoms with Crippen molar-refractivity contribution in [3.05, 3.63) is 0 Å². The van der Waals surface area contributed by atoms with E-state index < -0.39 is 30.4 Å². The minimum Gasteiger partial charge on any atom is -0.450 e. The Labute approximate surface area is 99.3 Å². The molecule has 4 atom stereocenters. The second kappa shape index (κ2) is 6.75. The van der Waals surface area contributed by atoms with Gasteiger partial charge in [-0.3, -0.25) is 0 Å². The molecule has 0 saturated carbocycles. The Hall–Kier alpha value is -0.890. The van der Waals surface area contributed by atoms with Crippen LogP contribution in [0.3, 0.4) is 0 Å². The number of ether oxygens (including phenoxy) is 2. The van der Waals surface area contributed by atoms with Crippen molar-refractivity contribution in [1.29, 1.82) is 0 Å². The summed E-state index contributed by atoms with van der Waals surface area (Å²) in [7, 11) is 0. The van der Waals surface area contributed by atoms with Crippen molar-refractivity contribution >= 4 is 6.09 Å². The number of amides is 1. The Bertz CT molecular complexity index is 249. The summed E-state index contributed by atoms with van der Waals surface area (Å²) in [6.45, 7) is 1.79. The van der Waals surface area contributed by atoms with Crippen LogP contribution in [0.25, 0.3) is 0 Å². The molecule has 0 bridgehead atoms. The molecule has 1 amide bonds. The number of hydrogen-bond donors (Lipinski definition) is 4. The van der Waals surface area contributed by atoms with Gasteiger partial charge < -0.3 is 30.1 Å². The maximum atomic E-state index is 11.2. The standard InChI is InChI=1S/C10H19NO6/c1-2-3-16-10(15)11-6-5-17-7(4-12)9(14)8(6)13/h6-9,12-14H,2-5H2,1H3,(H,11,15)/t6?,7-,8-,9-/m1/s1. The summed E-state index contributed by atoms with van der Waals surface area (Å²) in [4.78, 5) is 11.2. The summed E-state index contributed by atoms with van der Waals surface area (Å²) in [5.41, 5.74) is 0. The van der Waals surface area contributed by atoms with Crippen LogP contribution in [-0.2, 0) is 9.47 Å². The molecular formula is C10H19NO6. The van der Waals surface area contributed by atoms with Gasteiger partial charge in [0.2, 0.25) is 0 Å². The van der Waals surface area contributed by atoms with E-state index in [4.69, 9.17) is 14.6 Å². The lowest BCUT2D eigenvalue weighted by Crippen LogP contribution is -2.60. The second-order valence-corrected chi connectivity index (χ2v) is 3.92. The molecule has 0 radical (unpaired) electrons. The average molecular weight is 249 g/mol. The third kappa shape index (κ3) is 3.81. The zero-order chi connectivity index (χ0) is 12.8. The predicted molar refractivity (Wildman–Crippen MR) is 57.4 cm³/mol. The van der Waals surface area contributed by atoms with Crippen LogP contribution < -0.4 is 5.32 Å². The van der Waals surface area contributed by atoms with Crippen molar-refractivity contribution in [3.8, 4) is 0 Å². The van der Waals surface area contributed by atoms with Gasteiger partial charge in [-0.1, -0.05) is 6.92 Å². The van der Waals surface area contributed by atoms with Crippen molar-refractivity contribution in [2.24, 2.45) is 0 Å². The molecule has 7 nitrogen and oxygen atoms in total. The first-order chi connectivity index (χ1) is 8.10. The van der Waals surface area contributed by atoms with Gasteiger partial charge in [0.1, 0.15) is 18.3 Å². The number of carbonyl (C=O) groups is 1. The van der Waals surface area contributed by atoms with Gasteiger partial charge in [-0.05, 0) is 6.42 Å². The van der Waals surface area contributed by atoms with Gasteiger partial charge in [0.05, 0.1) is 25.9 Å². The number of aliphatic hydroxyl groups is 3. The summed E-state index contributed by atoms with van der Waals surface area (Å²) in [5.74, 6) is 0. The van der Waals surface area contributed by atoms with E-state index in [1.807, 2.05) is 6.92 Å². The van der Waals surface area contributed by atoms with Crippen LogP contribution in [0.5, 0.6) is 0 Å². The Morgan fingerprint density at radius 2 is 2.18 bits per heavy atom. The van der Waals surface area contributed by atoms with Crippen LogP contribution in [0.4, 0.5) is 4.79 Å². The summed E-state index contributed by atoms with van der Waals surface area (Å²) in [6.07, 6.45) is -3.20. The third-order valence-corrected chi connectivity index (χ3v) is 2.55. The van der Waals surface area contributed by atoms with Crippen LogP contribution in [0, 0.1) is 0 Å². The number of rotatable bonds is 4. The van der Waals surface area contributed by atoms with Crippen LogP contribution in [-0.4, -0.2) is 65.6 Å². The molecule has 1 fully saturated rings. The lowest BCUT2D eigenvalue weighted by Gasteiger charge is -2.36. The van der Waals surface area contributed by atoms with Gasteiger partial charge >= 0.3 is 6.09 Å². The highest BCUT2D eigenvalue weighted by Crippen LogP contribution is 2.15. The molecule has 4 N–H and O–H groups in total. The fourth-order valence-electron chi connectivity index (χ4n) is 1.56. The smallest absolute Gasteiger partial charge is 0.407 e. The van der Waals surface area contributed by atoms with E-state index in [0.717, 1.165) is 0 Å². The largest absolute Gasteiger partial charge is 0.450 e. The van der Waals surface area contributed by atoms with E-state index in [9.17, 15) is 15.0 Å². The molecule has 1 aliphatic rings. The van der Waals surface area contributed by atoms with Crippen molar-refractivity contribution in [3.63, 3.8) is 0 Å². The number of aliphatic hydroxyl groups excluding tert-OH is 3. The maximum absolute atomic E-state index is 11.2. The molecule has 1 saturated heterocycles. The average Bonchev–Trinajstić information content (AvgIpc) is 2.33. The van der Waals surface area contributed by atoms with Gasteiger partial charge in [-0.25, -0.2) is 4.79 Å². The van der Waals surface area contributed by atoms with Crippen LogP contribution >= 0.6 is 0 Å². The molecule has 0 aromatic rings. The van der Waals surface area contributed by atoms with Crippen LogP contribution in [0.2, 0.25) is 0 Å². The monoisotopic (exact) mass is 249 g/mol. The number of carbonyl (C=O) groups excluding carboxylic acids is 1. The Balaban J connectivity index is 2.42. The molecule has 0 aliphatic carbocycles. The Morgan fingerprint density at radius 3 is 2.76 bits per heavy atom. The van der Waals surface area contributed by atoms with E-state index in [-0.39, 0.29) is 19.8 Å². The third-order valence-electron chi connectivity index (χ3n) is 2.55. The Morgan fingerprint density at radius 1 is 1.47 bits per heavy atom. The normalized spacial score (nSPS) is 33.2. The highest BCUT2D eigenvalue weighted by molar-refractivity contribution is 5.67. The van der Waals surface area contributed by atoms with Crippen molar-refractivity contribution in [2.75, 3.05) is 19.8 Å². The Kier molecular flexibility index (Phi) is 5.63. The number of nitrogens with one attached hydrogen (secondary N) is 1. The topological polar surface area (TPSA) is 108 Å². The molecule has 0 spiro atoms. The van der Waals surface area contributed by atoms with Gasteiger partial charge in [0.15, 0.2) is 0 Å². The lowest BCUT2D eigenvalue weighted by atomic mass is 9.99. The lowest BCUT2D eigenvalue weighted by molar-refractivity contribution is -0.160. The van der Waals surface area contributed by atoms with Crippen LogP contribution in [0.15, 0.2) is 0 Å². The van der Waals surface area contributed by atoms with E-state index in [0.29, 0.717) is 6.42 Å². The molecule has 1 unspecified atom stereocenters. The highest BCUT2D eigenvalue weighted by atomic mass is 16.6.